The van der Waals surface area contributed by atoms with Gasteiger partial charge in [0.05, 0.1) is 10.6 Å². The van der Waals surface area contributed by atoms with E-state index in [9.17, 15) is 18.0 Å². The van der Waals surface area contributed by atoms with Crippen LogP contribution in [0.15, 0.2) is 12.3 Å². The van der Waals surface area contributed by atoms with Crippen molar-refractivity contribution in [2.24, 2.45) is 0 Å². The number of halogens is 4. The van der Waals surface area contributed by atoms with Crippen LogP contribution in [0.1, 0.15) is 36.8 Å². The number of hydrogen-bond donors (Lipinski definition) is 1. The van der Waals surface area contributed by atoms with Crippen molar-refractivity contribution < 1.29 is 18.0 Å². The van der Waals surface area contributed by atoms with Gasteiger partial charge in [-0.3, -0.25) is 4.79 Å². The van der Waals surface area contributed by atoms with Crippen molar-refractivity contribution in [2.45, 2.75) is 32.5 Å². The maximum Gasteiger partial charge on any atom is 0.434 e. The van der Waals surface area contributed by atoms with Crippen molar-refractivity contribution in [2.75, 3.05) is 0 Å². The summed E-state index contributed by atoms with van der Waals surface area (Å²) >= 11 is 5.47. The molecule has 1 N–H and O–H groups in total. The van der Waals surface area contributed by atoms with E-state index >= 15 is 0 Å². The first-order valence-electron chi connectivity index (χ1n) is 5.06. The molecule has 0 aliphatic heterocycles. The number of aromatic nitrogens is 1. The highest BCUT2D eigenvalue weighted by atomic mass is 35.5. The van der Waals surface area contributed by atoms with Crippen LogP contribution in [-0.4, -0.2) is 16.4 Å². The molecule has 0 fully saturated rings. The largest absolute Gasteiger partial charge is 0.434 e. The Kier molecular flexibility index (Phi) is 3.90. The van der Waals surface area contributed by atoms with E-state index in [1.807, 2.05) is 0 Å². The lowest BCUT2D eigenvalue weighted by Crippen LogP contribution is -2.40. The lowest BCUT2D eigenvalue weighted by atomic mass is 10.1. The Hall–Kier alpha value is -1.30. The Balaban J connectivity index is 3.02. The number of nitrogens with zero attached hydrogens (tertiary/aromatic N) is 1. The third-order valence-corrected chi connectivity index (χ3v) is 2.15. The summed E-state index contributed by atoms with van der Waals surface area (Å²) in [4.78, 5) is 14.9. The predicted octanol–water partition coefficient (Wildman–Crippen LogP) is 3.28. The first-order valence-corrected chi connectivity index (χ1v) is 5.44. The molecule has 0 aliphatic rings. The maximum absolute atomic E-state index is 12.4. The van der Waals surface area contributed by atoms with Gasteiger partial charge in [-0.2, -0.15) is 13.2 Å². The van der Waals surface area contributed by atoms with Gasteiger partial charge in [-0.05, 0) is 26.8 Å². The molecule has 7 heteroatoms. The van der Waals surface area contributed by atoms with Crippen LogP contribution in [0.3, 0.4) is 0 Å². The molecule has 1 heterocycles. The zero-order valence-electron chi connectivity index (χ0n) is 10.0. The quantitative estimate of drug-likeness (QED) is 0.858. The van der Waals surface area contributed by atoms with E-state index in [4.69, 9.17) is 11.6 Å². The molecule has 0 aliphatic carbocycles. The van der Waals surface area contributed by atoms with Gasteiger partial charge in [0.25, 0.3) is 5.91 Å². The second-order valence-corrected chi connectivity index (χ2v) is 5.16. The molecule has 1 aromatic rings. The highest BCUT2D eigenvalue weighted by molar-refractivity contribution is 6.31. The Bertz CT molecular complexity index is 466. The predicted molar refractivity (Wildman–Crippen MR) is 61.5 cm³/mol. The molecule has 0 saturated carbocycles. The average molecular weight is 281 g/mol. The molecule has 3 nitrogen and oxygen atoms in total. The number of carbonyl (C=O) groups excluding carboxylic acids is 1. The van der Waals surface area contributed by atoms with Gasteiger partial charge in [0.1, 0.15) is 0 Å². The number of rotatable bonds is 1. The van der Waals surface area contributed by atoms with Crippen molar-refractivity contribution >= 4 is 17.5 Å². The van der Waals surface area contributed by atoms with Crippen molar-refractivity contribution in [3.8, 4) is 0 Å². The van der Waals surface area contributed by atoms with Crippen LogP contribution < -0.4 is 5.32 Å². The summed E-state index contributed by atoms with van der Waals surface area (Å²) in [6.45, 7) is 5.26. The first-order chi connectivity index (χ1) is 8.00. The number of alkyl halides is 3. The van der Waals surface area contributed by atoms with E-state index < -0.39 is 28.3 Å². The van der Waals surface area contributed by atoms with E-state index in [0.29, 0.717) is 0 Å². The maximum atomic E-state index is 12.4. The number of pyridine rings is 1. The topological polar surface area (TPSA) is 42.0 Å². The summed E-state index contributed by atoms with van der Waals surface area (Å²) in [5, 5.41) is 2.01. The number of carbonyl (C=O) groups is 1. The second kappa shape index (κ2) is 4.76. The molecular formula is C11H12ClF3N2O. The molecule has 0 aromatic carbocycles. The third-order valence-electron chi connectivity index (χ3n) is 1.86. The minimum atomic E-state index is -4.63. The highest BCUT2D eigenvalue weighted by Crippen LogP contribution is 2.33. The Morgan fingerprint density at radius 2 is 1.89 bits per heavy atom. The highest BCUT2D eigenvalue weighted by Gasteiger charge is 2.35. The minimum absolute atomic E-state index is 0.0112. The Labute approximate surface area is 107 Å². The van der Waals surface area contributed by atoms with Crippen molar-refractivity contribution in [3.05, 3.63) is 28.5 Å². The van der Waals surface area contributed by atoms with Crippen LogP contribution in [-0.2, 0) is 6.18 Å². The fraction of sp³-hybridized carbons (Fsp3) is 0.455. The van der Waals surface area contributed by atoms with E-state index in [2.05, 4.69) is 10.3 Å². The van der Waals surface area contributed by atoms with Crippen molar-refractivity contribution in [1.82, 2.24) is 10.3 Å². The van der Waals surface area contributed by atoms with Gasteiger partial charge in [0, 0.05) is 11.7 Å². The molecular weight excluding hydrogens is 269 g/mol. The molecule has 1 aromatic heterocycles. The lowest BCUT2D eigenvalue weighted by Gasteiger charge is -2.20. The van der Waals surface area contributed by atoms with Gasteiger partial charge in [-0.25, -0.2) is 4.98 Å². The fourth-order valence-corrected chi connectivity index (χ4v) is 1.46. The van der Waals surface area contributed by atoms with Crippen LogP contribution in [0.2, 0.25) is 5.02 Å². The molecule has 0 atom stereocenters. The van der Waals surface area contributed by atoms with Crippen LogP contribution in [0, 0.1) is 0 Å². The SMILES string of the molecule is CC(C)(C)NC(=O)c1cnc(C(F)(F)F)c(Cl)c1. The van der Waals surface area contributed by atoms with Crippen LogP contribution >= 0.6 is 11.6 Å². The van der Waals surface area contributed by atoms with E-state index in [1.54, 1.807) is 20.8 Å². The standard InChI is InChI=1S/C11H12ClF3N2O/c1-10(2,3)17-9(18)6-4-7(12)8(16-5-6)11(13,14)15/h4-5H,1-3H3,(H,17,18). The minimum Gasteiger partial charge on any atom is -0.347 e. The smallest absolute Gasteiger partial charge is 0.347 e. The van der Waals surface area contributed by atoms with Gasteiger partial charge < -0.3 is 5.32 Å². The molecule has 100 valence electrons. The lowest BCUT2D eigenvalue weighted by molar-refractivity contribution is -0.141. The van der Waals surface area contributed by atoms with Crippen LogP contribution in [0.5, 0.6) is 0 Å². The average Bonchev–Trinajstić information content (AvgIpc) is 2.12. The van der Waals surface area contributed by atoms with E-state index in [1.165, 1.54) is 0 Å². The molecule has 0 radical (unpaired) electrons. The third kappa shape index (κ3) is 3.87. The summed E-state index contributed by atoms with van der Waals surface area (Å²) in [5.41, 5.74) is -1.70. The monoisotopic (exact) mass is 280 g/mol. The first kappa shape index (κ1) is 14.8. The van der Waals surface area contributed by atoms with E-state index in [-0.39, 0.29) is 5.56 Å². The number of hydrogen-bond acceptors (Lipinski definition) is 2. The molecule has 0 spiro atoms. The van der Waals surface area contributed by atoms with Crippen molar-refractivity contribution in [1.29, 1.82) is 0 Å². The van der Waals surface area contributed by atoms with Crippen molar-refractivity contribution in [3.63, 3.8) is 0 Å². The van der Waals surface area contributed by atoms with Crippen LogP contribution in [0.4, 0.5) is 13.2 Å². The molecule has 0 unspecified atom stereocenters. The Morgan fingerprint density at radius 3 is 2.28 bits per heavy atom. The molecule has 18 heavy (non-hydrogen) atoms. The normalized spacial score (nSPS) is 12.4. The van der Waals surface area contributed by atoms with E-state index in [0.717, 1.165) is 12.3 Å². The second-order valence-electron chi connectivity index (χ2n) is 4.76. The summed E-state index contributed by atoms with van der Waals surface area (Å²) < 4.78 is 37.2. The molecule has 0 saturated heterocycles. The fourth-order valence-electron chi connectivity index (χ4n) is 1.18. The summed E-state index contributed by atoms with van der Waals surface area (Å²) in [6, 6.07) is 0.957. The van der Waals surface area contributed by atoms with Gasteiger partial charge >= 0.3 is 6.18 Å². The molecule has 1 amide bonds. The summed E-state index contributed by atoms with van der Waals surface area (Å²) in [7, 11) is 0. The molecule has 0 bridgehead atoms. The van der Waals surface area contributed by atoms with Gasteiger partial charge in [-0.15, -0.1) is 0 Å². The summed E-state index contributed by atoms with van der Waals surface area (Å²) in [5.74, 6) is -0.523. The van der Waals surface area contributed by atoms with Crippen LogP contribution in [0.25, 0.3) is 0 Å². The number of amides is 1. The zero-order valence-corrected chi connectivity index (χ0v) is 10.8. The van der Waals surface area contributed by atoms with Gasteiger partial charge in [-0.1, -0.05) is 11.6 Å². The van der Waals surface area contributed by atoms with Gasteiger partial charge in [0.15, 0.2) is 5.69 Å². The number of nitrogens with one attached hydrogen (secondary N) is 1. The van der Waals surface area contributed by atoms with Gasteiger partial charge in [0.2, 0.25) is 0 Å². The summed E-state index contributed by atoms with van der Waals surface area (Å²) in [6.07, 6.45) is -3.77. The Morgan fingerprint density at radius 1 is 1.33 bits per heavy atom. The zero-order chi connectivity index (χ0) is 14.1. The molecule has 1 rings (SSSR count).